The summed E-state index contributed by atoms with van der Waals surface area (Å²) in [5.74, 6) is 2.78. The molecular formula is C14H16N4O2. The number of aromatic nitrogens is 2. The molecule has 0 saturated carbocycles. The number of nitrogens with two attached hydrogens (primary N) is 1. The topological polar surface area (TPSA) is 82.3 Å². The van der Waals surface area contributed by atoms with Gasteiger partial charge in [-0.15, -0.1) is 10.2 Å². The van der Waals surface area contributed by atoms with E-state index in [-0.39, 0.29) is 0 Å². The minimum atomic E-state index is 0.419. The third kappa shape index (κ3) is 2.90. The van der Waals surface area contributed by atoms with Gasteiger partial charge in [0.15, 0.2) is 11.5 Å². The molecule has 20 heavy (non-hydrogen) atoms. The number of hydrogen-bond donors (Lipinski definition) is 2. The minimum Gasteiger partial charge on any atom is -0.486 e. The van der Waals surface area contributed by atoms with Gasteiger partial charge in [-0.2, -0.15) is 0 Å². The van der Waals surface area contributed by atoms with Crippen LogP contribution in [0.2, 0.25) is 0 Å². The van der Waals surface area contributed by atoms with E-state index in [2.05, 4.69) is 15.5 Å². The fourth-order valence-corrected chi connectivity index (χ4v) is 2.02. The number of fused-ring (bicyclic) bond motifs is 1. The summed E-state index contributed by atoms with van der Waals surface area (Å²) < 4.78 is 11.1. The molecule has 0 bridgehead atoms. The summed E-state index contributed by atoms with van der Waals surface area (Å²) in [5, 5.41) is 10.9. The van der Waals surface area contributed by atoms with Crippen molar-refractivity contribution in [3.63, 3.8) is 0 Å². The second kappa shape index (κ2) is 5.64. The Bertz CT molecular complexity index is 586. The largest absolute Gasteiger partial charge is 0.486 e. The standard InChI is InChI=1S/C14H16N4O2/c15-13-3-4-14(18-17-13)16-6-5-10-1-2-11-12(9-10)20-8-7-19-11/h1-4,9H,5-8H2,(H2,15,17)(H,16,18). The van der Waals surface area contributed by atoms with Gasteiger partial charge in [0.2, 0.25) is 0 Å². The Morgan fingerprint density at radius 3 is 2.70 bits per heavy atom. The van der Waals surface area contributed by atoms with Crippen molar-refractivity contribution in [1.82, 2.24) is 10.2 Å². The summed E-state index contributed by atoms with van der Waals surface area (Å²) in [6.45, 7) is 1.98. The molecule has 104 valence electrons. The lowest BCUT2D eigenvalue weighted by atomic mass is 10.1. The van der Waals surface area contributed by atoms with Crippen molar-refractivity contribution in [2.75, 3.05) is 30.8 Å². The van der Waals surface area contributed by atoms with Crippen molar-refractivity contribution >= 4 is 11.6 Å². The maximum absolute atomic E-state index is 5.56. The van der Waals surface area contributed by atoms with Crippen LogP contribution in [0.3, 0.4) is 0 Å². The van der Waals surface area contributed by atoms with Crippen molar-refractivity contribution in [3.05, 3.63) is 35.9 Å². The quantitative estimate of drug-likeness (QED) is 0.877. The summed E-state index contributed by atoms with van der Waals surface area (Å²) in [5.41, 5.74) is 6.67. The summed E-state index contributed by atoms with van der Waals surface area (Å²) in [6.07, 6.45) is 0.864. The highest BCUT2D eigenvalue weighted by atomic mass is 16.6. The van der Waals surface area contributed by atoms with Crippen LogP contribution in [0.4, 0.5) is 11.6 Å². The zero-order valence-electron chi connectivity index (χ0n) is 11.0. The molecule has 1 aliphatic rings. The first-order chi connectivity index (χ1) is 9.81. The van der Waals surface area contributed by atoms with E-state index in [0.29, 0.717) is 19.0 Å². The number of nitrogens with zero attached hydrogens (tertiary/aromatic N) is 2. The van der Waals surface area contributed by atoms with Crippen LogP contribution in [0.5, 0.6) is 11.5 Å². The van der Waals surface area contributed by atoms with E-state index in [1.54, 1.807) is 6.07 Å². The van der Waals surface area contributed by atoms with Crippen LogP contribution in [-0.4, -0.2) is 30.0 Å². The van der Waals surface area contributed by atoms with Gasteiger partial charge in [-0.05, 0) is 36.2 Å². The average molecular weight is 272 g/mol. The molecule has 1 aromatic carbocycles. The van der Waals surface area contributed by atoms with Gasteiger partial charge in [0.25, 0.3) is 0 Å². The van der Waals surface area contributed by atoms with E-state index in [1.165, 1.54) is 5.56 Å². The minimum absolute atomic E-state index is 0.419. The molecule has 0 atom stereocenters. The Morgan fingerprint density at radius 1 is 1.05 bits per heavy atom. The third-order valence-electron chi connectivity index (χ3n) is 3.01. The molecular weight excluding hydrogens is 256 g/mol. The zero-order chi connectivity index (χ0) is 13.8. The number of ether oxygens (including phenoxy) is 2. The molecule has 2 heterocycles. The Labute approximate surface area is 116 Å². The molecule has 1 aromatic heterocycles. The van der Waals surface area contributed by atoms with Crippen LogP contribution < -0.4 is 20.5 Å². The molecule has 1 aliphatic heterocycles. The summed E-state index contributed by atoms with van der Waals surface area (Å²) >= 11 is 0. The number of benzene rings is 1. The maximum atomic E-state index is 5.56. The molecule has 0 fully saturated rings. The van der Waals surface area contributed by atoms with Gasteiger partial charge < -0.3 is 20.5 Å². The summed E-state index contributed by atoms with van der Waals surface area (Å²) in [4.78, 5) is 0. The van der Waals surface area contributed by atoms with Gasteiger partial charge in [-0.1, -0.05) is 6.07 Å². The molecule has 0 unspecified atom stereocenters. The van der Waals surface area contributed by atoms with E-state index in [4.69, 9.17) is 15.2 Å². The molecule has 0 radical (unpaired) electrons. The fraction of sp³-hybridized carbons (Fsp3) is 0.286. The second-order valence-electron chi connectivity index (χ2n) is 4.50. The lowest BCUT2D eigenvalue weighted by molar-refractivity contribution is 0.171. The summed E-state index contributed by atoms with van der Waals surface area (Å²) in [6, 6.07) is 9.55. The molecule has 0 saturated heterocycles. The zero-order valence-corrected chi connectivity index (χ0v) is 11.0. The lowest BCUT2D eigenvalue weighted by Crippen LogP contribution is -2.15. The van der Waals surface area contributed by atoms with Crippen molar-refractivity contribution < 1.29 is 9.47 Å². The van der Waals surface area contributed by atoms with Gasteiger partial charge in [0.05, 0.1) is 0 Å². The van der Waals surface area contributed by atoms with E-state index in [1.807, 2.05) is 24.3 Å². The Hall–Kier alpha value is -2.50. The van der Waals surface area contributed by atoms with Crippen molar-refractivity contribution in [3.8, 4) is 11.5 Å². The van der Waals surface area contributed by atoms with Crippen molar-refractivity contribution in [1.29, 1.82) is 0 Å². The predicted octanol–water partition coefficient (Wildman–Crippen LogP) is 1.48. The molecule has 0 amide bonds. The SMILES string of the molecule is Nc1ccc(NCCc2ccc3c(c2)OCCO3)nn1. The highest BCUT2D eigenvalue weighted by Crippen LogP contribution is 2.30. The molecule has 6 nitrogen and oxygen atoms in total. The molecule has 3 N–H and O–H groups in total. The van der Waals surface area contributed by atoms with Crippen LogP contribution in [0.25, 0.3) is 0 Å². The second-order valence-corrected chi connectivity index (χ2v) is 4.50. The van der Waals surface area contributed by atoms with Gasteiger partial charge in [0, 0.05) is 6.54 Å². The number of nitrogen functional groups attached to an aromatic ring is 1. The van der Waals surface area contributed by atoms with Crippen LogP contribution >= 0.6 is 0 Å². The smallest absolute Gasteiger partial charge is 0.161 e. The predicted molar refractivity (Wildman–Crippen MR) is 76.1 cm³/mol. The highest BCUT2D eigenvalue weighted by molar-refractivity contribution is 5.44. The van der Waals surface area contributed by atoms with Crippen LogP contribution in [0.15, 0.2) is 30.3 Å². The maximum Gasteiger partial charge on any atom is 0.161 e. The van der Waals surface area contributed by atoms with Gasteiger partial charge in [-0.25, -0.2) is 0 Å². The van der Waals surface area contributed by atoms with Gasteiger partial charge >= 0.3 is 0 Å². The van der Waals surface area contributed by atoms with Crippen molar-refractivity contribution in [2.45, 2.75) is 6.42 Å². The Kier molecular flexibility index (Phi) is 3.54. The first kappa shape index (κ1) is 12.5. The average Bonchev–Trinajstić information content (AvgIpc) is 2.49. The fourth-order valence-electron chi connectivity index (χ4n) is 2.02. The lowest BCUT2D eigenvalue weighted by Gasteiger charge is -2.18. The van der Waals surface area contributed by atoms with Gasteiger partial charge in [-0.3, -0.25) is 0 Å². The van der Waals surface area contributed by atoms with E-state index >= 15 is 0 Å². The number of nitrogens with one attached hydrogen (secondary N) is 1. The molecule has 6 heteroatoms. The Balaban J connectivity index is 1.57. The van der Waals surface area contributed by atoms with E-state index in [0.717, 1.165) is 30.3 Å². The molecule has 0 aliphatic carbocycles. The number of anilines is 2. The number of rotatable bonds is 4. The first-order valence-electron chi connectivity index (χ1n) is 6.53. The molecule has 3 rings (SSSR count). The molecule has 2 aromatic rings. The highest BCUT2D eigenvalue weighted by Gasteiger charge is 2.11. The van der Waals surface area contributed by atoms with Crippen molar-refractivity contribution in [2.24, 2.45) is 0 Å². The van der Waals surface area contributed by atoms with Gasteiger partial charge in [0.1, 0.15) is 24.8 Å². The van der Waals surface area contributed by atoms with E-state index in [9.17, 15) is 0 Å². The third-order valence-corrected chi connectivity index (χ3v) is 3.01. The Morgan fingerprint density at radius 2 is 1.90 bits per heavy atom. The first-order valence-corrected chi connectivity index (χ1v) is 6.53. The van der Waals surface area contributed by atoms with Crippen LogP contribution in [0.1, 0.15) is 5.56 Å². The number of hydrogen-bond acceptors (Lipinski definition) is 6. The van der Waals surface area contributed by atoms with Crippen LogP contribution in [0, 0.1) is 0 Å². The summed E-state index contributed by atoms with van der Waals surface area (Å²) in [7, 11) is 0. The van der Waals surface area contributed by atoms with Crippen LogP contribution in [-0.2, 0) is 6.42 Å². The molecule has 0 spiro atoms. The van der Waals surface area contributed by atoms with E-state index < -0.39 is 0 Å². The monoisotopic (exact) mass is 272 g/mol. The normalized spacial score (nSPS) is 13.0.